The van der Waals surface area contributed by atoms with E-state index in [0.717, 1.165) is 30.3 Å². The minimum atomic E-state index is -0.0232. The number of nitrogens with zero attached hydrogens (tertiary/aromatic N) is 1. The lowest BCUT2D eigenvalue weighted by Gasteiger charge is -2.29. The molecular weight excluding hydrogens is 294 g/mol. The zero-order valence-electron chi connectivity index (χ0n) is 10.7. The second kappa shape index (κ2) is 5.89. The fourth-order valence-corrected chi connectivity index (χ4v) is 2.97. The zero-order chi connectivity index (χ0) is 13.1. The first-order chi connectivity index (χ1) is 8.61. The molecule has 2 rings (SSSR count). The number of nitrogens with one attached hydrogen (secondary N) is 1. The van der Waals surface area contributed by atoms with E-state index in [0.29, 0.717) is 5.69 Å². The van der Waals surface area contributed by atoms with E-state index in [1.54, 1.807) is 0 Å². The number of hydrogen-bond acceptors (Lipinski definition) is 2. The number of aryl methyl sites for hydroxylation is 1. The molecule has 0 radical (unpaired) electrons. The van der Waals surface area contributed by atoms with Gasteiger partial charge in [-0.2, -0.15) is 0 Å². The van der Waals surface area contributed by atoms with Crippen molar-refractivity contribution in [2.24, 2.45) is 5.73 Å². The third-order valence-electron chi connectivity index (χ3n) is 3.57. The summed E-state index contributed by atoms with van der Waals surface area (Å²) >= 11 is 3.40. The topological polar surface area (TPSA) is 60.0 Å². The molecule has 0 aromatic carbocycles. The van der Waals surface area contributed by atoms with Gasteiger partial charge in [0.2, 0.25) is 0 Å². The lowest BCUT2D eigenvalue weighted by atomic mass is 9.91. The van der Waals surface area contributed by atoms with E-state index in [1.807, 2.05) is 23.8 Å². The monoisotopic (exact) mass is 313 g/mol. The molecule has 0 saturated heterocycles. The Bertz CT molecular complexity index is 430. The number of aromatic nitrogens is 1. The molecule has 0 spiro atoms. The lowest BCUT2D eigenvalue weighted by Crippen LogP contribution is -2.49. The molecular formula is C13H20BrN3O. The molecule has 1 aliphatic rings. The minimum absolute atomic E-state index is 0.0232. The summed E-state index contributed by atoms with van der Waals surface area (Å²) in [7, 11) is 0. The van der Waals surface area contributed by atoms with Crippen LogP contribution in [0, 0.1) is 0 Å². The number of hydrogen-bond donors (Lipinski definition) is 2. The fraction of sp³-hybridized carbons (Fsp3) is 0.615. The maximum Gasteiger partial charge on any atom is 0.268 e. The third-order valence-corrected chi connectivity index (χ3v) is 4.01. The van der Waals surface area contributed by atoms with Gasteiger partial charge in [0.15, 0.2) is 0 Å². The van der Waals surface area contributed by atoms with E-state index < -0.39 is 0 Å². The van der Waals surface area contributed by atoms with Crippen molar-refractivity contribution < 1.29 is 4.79 Å². The molecule has 0 aliphatic heterocycles. The SMILES string of the molecule is CCn1cc(Br)cc1C(=O)NC1CCCCC1N. The second-order valence-corrected chi connectivity index (χ2v) is 5.77. The summed E-state index contributed by atoms with van der Waals surface area (Å²) in [5, 5.41) is 3.07. The van der Waals surface area contributed by atoms with Crippen molar-refractivity contribution >= 4 is 21.8 Å². The largest absolute Gasteiger partial charge is 0.346 e. The molecule has 2 unspecified atom stereocenters. The summed E-state index contributed by atoms with van der Waals surface area (Å²) in [5.41, 5.74) is 6.75. The van der Waals surface area contributed by atoms with E-state index in [9.17, 15) is 4.79 Å². The molecule has 3 N–H and O–H groups in total. The van der Waals surface area contributed by atoms with E-state index in [-0.39, 0.29) is 18.0 Å². The van der Waals surface area contributed by atoms with E-state index >= 15 is 0 Å². The zero-order valence-corrected chi connectivity index (χ0v) is 12.2. The maximum atomic E-state index is 12.2. The van der Waals surface area contributed by atoms with Gasteiger partial charge in [-0.05, 0) is 41.8 Å². The number of nitrogens with two attached hydrogens (primary N) is 1. The Hall–Kier alpha value is -0.810. The second-order valence-electron chi connectivity index (χ2n) is 4.86. The van der Waals surface area contributed by atoms with Crippen LogP contribution in [0.15, 0.2) is 16.7 Å². The molecule has 100 valence electrons. The Morgan fingerprint density at radius 2 is 2.28 bits per heavy atom. The molecule has 5 heteroatoms. The Kier molecular flexibility index (Phi) is 4.45. The van der Waals surface area contributed by atoms with Gasteiger partial charge in [0.05, 0.1) is 0 Å². The van der Waals surface area contributed by atoms with Gasteiger partial charge in [-0.25, -0.2) is 0 Å². The predicted molar refractivity (Wildman–Crippen MR) is 75.5 cm³/mol. The van der Waals surface area contributed by atoms with Crippen LogP contribution < -0.4 is 11.1 Å². The summed E-state index contributed by atoms with van der Waals surface area (Å²) in [6.45, 7) is 2.81. The van der Waals surface area contributed by atoms with Crippen molar-refractivity contribution in [1.29, 1.82) is 0 Å². The average molecular weight is 314 g/mol. The van der Waals surface area contributed by atoms with Crippen LogP contribution in [0.25, 0.3) is 0 Å². The molecule has 1 fully saturated rings. The number of amides is 1. The Morgan fingerprint density at radius 1 is 1.56 bits per heavy atom. The molecule has 0 bridgehead atoms. The standard InChI is InChI=1S/C13H20BrN3O/c1-2-17-8-9(14)7-12(17)13(18)16-11-6-4-3-5-10(11)15/h7-8,10-11H,2-6,15H2,1H3,(H,16,18). The van der Waals surface area contributed by atoms with Crippen LogP contribution in [-0.2, 0) is 6.54 Å². The van der Waals surface area contributed by atoms with Crippen LogP contribution >= 0.6 is 15.9 Å². The van der Waals surface area contributed by atoms with Crippen molar-refractivity contribution in [2.45, 2.75) is 51.2 Å². The Labute approximate surface area is 116 Å². The Balaban J connectivity index is 2.06. The lowest BCUT2D eigenvalue weighted by molar-refractivity contribution is 0.0912. The van der Waals surface area contributed by atoms with Crippen LogP contribution in [-0.4, -0.2) is 22.6 Å². The first-order valence-corrected chi connectivity index (χ1v) is 7.33. The van der Waals surface area contributed by atoms with Crippen LogP contribution in [0.1, 0.15) is 43.1 Å². The molecule has 1 aromatic heterocycles. The predicted octanol–water partition coefficient (Wildman–Crippen LogP) is 2.27. The van der Waals surface area contributed by atoms with Gasteiger partial charge >= 0.3 is 0 Å². The number of carbonyl (C=O) groups excluding carboxylic acids is 1. The smallest absolute Gasteiger partial charge is 0.268 e. The molecule has 2 atom stereocenters. The number of halogens is 1. The minimum Gasteiger partial charge on any atom is -0.346 e. The normalized spacial score (nSPS) is 23.9. The van der Waals surface area contributed by atoms with Crippen molar-refractivity contribution in [3.8, 4) is 0 Å². The van der Waals surface area contributed by atoms with Crippen molar-refractivity contribution in [3.63, 3.8) is 0 Å². The van der Waals surface area contributed by atoms with Gasteiger partial charge in [0, 0.05) is 29.3 Å². The maximum absolute atomic E-state index is 12.2. The Morgan fingerprint density at radius 3 is 2.94 bits per heavy atom. The van der Waals surface area contributed by atoms with Crippen molar-refractivity contribution in [2.75, 3.05) is 0 Å². The first-order valence-electron chi connectivity index (χ1n) is 6.54. The quantitative estimate of drug-likeness (QED) is 0.899. The van der Waals surface area contributed by atoms with Crippen LogP contribution in [0.5, 0.6) is 0 Å². The highest BCUT2D eigenvalue weighted by Crippen LogP contribution is 2.19. The third kappa shape index (κ3) is 2.95. The molecule has 18 heavy (non-hydrogen) atoms. The van der Waals surface area contributed by atoms with Gasteiger partial charge in [0.1, 0.15) is 5.69 Å². The van der Waals surface area contributed by atoms with Gasteiger partial charge in [0.25, 0.3) is 5.91 Å². The summed E-state index contributed by atoms with van der Waals surface area (Å²) in [5.74, 6) is -0.0232. The highest BCUT2D eigenvalue weighted by Gasteiger charge is 2.24. The summed E-state index contributed by atoms with van der Waals surface area (Å²) in [4.78, 5) is 12.2. The van der Waals surface area contributed by atoms with Crippen molar-refractivity contribution in [3.05, 3.63) is 22.4 Å². The number of carbonyl (C=O) groups is 1. The highest BCUT2D eigenvalue weighted by molar-refractivity contribution is 9.10. The van der Waals surface area contributed by atoms with Crippen LogP contribution in [0.2, 0.25) is 0 Å². The average Bonchev–Trinajstić information content (AvgIpc) is 2.73. The van der Waals surface area contributed by atoms with Gasteiger partial charge in [-0.1, -0.05) is 12.8 Å². The fourth-order valence-electron chi connectivity index (χ4n) is 2.51. The van der Waals surface area contributed by atoms with E-state index in [2.05, 4.69) is 21.2 Å². The molecule has 1 saturated carbocycles. The molecule has 1 aromatic rings. The van der Waals surface area contributed by atoms with Gasteiger partial charge < -0.3 is 15.6 Å². The molecule has 4 nitrogen and oxygen atoms in total. The van der Waals surface area contributed by atoms with E-state index in [1.165, 1.54) is 6.42 Å². The molecule has 1 aliphatic carbocycles. The summed E-state index contributed by atoms with van der Waals surface area (Å²) in [6.07, 6.45) is 6.24. The summed E-state index contributed by atoms with van der Waals surface area (Å²) < 4.78 is 2.87. The molecule has 1 amide bonds. The van der Waals surface area contributed by atoms with Crippen molar-refractivity contribution in [1.82, 2.24) is 9.88 Å². The number of rotatable bonds is 3. The van der Waals surface area contributed by atoms with Gasteiger partial charge in [-0.15, -0.1) is 0 Å². The molecule has 1 heterocycles. The summed E-state index contributed by atoms with van der Waals surface area (Å²) in [6, 6.07) is 2.06. The van der Waals surface area contributed by atoms with E-state index in [4.69, 9.17) is 5.73 Å². The first kappa shape index (κ1) is 13.6. The van der Waals surface area contributed by atoms with Crippen LogP contribution in [0.4, 0.5) is 0 Å². The van der Waals surface area contributed by atoms with Crippen LogP contribution in [0.3, 0.4) is 0 Å². The highest BCUT2D eigenvalue weighted by atomic mass is 79.9. The van der Waals surface area contributed by atoms with Gasteiger partial charge in [-0.3, -0.25) is 4.79 Å².